The molecular formula is C11H9BrClN3OS. The molecule has 18 heavy (non-hydrogen) atoms. The molecule has 0 aliphatic heterocycles. The summed E-state index contributed by atoms with van der Waals surface area (Å²) in [4.78, 5) is 21.8. The lowest BCUT2D eigenvalue weighted by atomic mass is 10.2. The highest BCUT2D eigenvalue weighted by Gasteiger charge is 2.17. The Labute approximate surface area is 122 Å². The van der Waals surface area contributed by atoms with Crippen LogP contribution in [0.4, 0.5) is 0 Å². The van der Waals surface area contributed by atoms with Gasteiger partial charge in [0.25, 0.3) is 5.91 Å². The van der Waals surface area contributed by atoms with Crippen LogP contribution in [0.15, 0.2) is 27.6 Å². The Morgan fingerprint density at radius 2 is 2.33 bits per heavy atom. The van der Waals surface area contributed by atoms with Crippen molar-refractivity contribution >= 4 is 44.8 Å². The van der Waals surface area contributed by atoms with Crippen LogP contribution in [0.3, 0.4) is 0 Å². The first-order valence-electron chi connectivity index (χ1n) is 5.01. The molecule has 0 saturated heterocycles. The third kappa shape index (κ3) is 3.07. The second kappa shape index (κ2) is 5.77. The van der Waals surface area contributed by atoms with E-state index in [-0.39, 0.29) is 11.1 Å². The maximum atomic E-state index is 12.2. The first-order chi connectivity index (χ1) is 8.58. The van der Waals surface area contributed by atoms with Crippen LogP contribution in [-0.4, -0.2) is 27.8 Å². The molecule has 0 bridgehead atoms. The van der Waals surface area contributed by atoms with Crippen LogP contribution in [0.1, 0.15) is 16.1 Å². The van der Waals surface area contributed by atoms with Crippen LogP contribution in [-0.2, 0) is 6.54 Å². The van der Waals surface area contributed by atoms with E-state index in [1.165, 1.54) is 11.3 Å². The summed E-state index contributed by atoms with van der Waals surface area (Å²) in [6.45, 7) is 0.450. The quantitative estimate of drug-likeness (QED) is 0.802. The average molecular weight is 347 g/mol. The van der Waals surface area contributed by atoms with E-state index in [1.807, 2.05) is 5.38 Å². The summed E-state index contributed by atoms with van der Waals surface area (Å²) in [6, 6.07) is 1.66. The zero-order valence-electron chi connectivity index (χ0n) is 9.43. The minimum absolute atomic E-state index is 0.179. The topological polar surface area (TPSA) is 46.1 Å². The highest BCUT2D eigenvalue weighted by Crippen LogP contribution is 2.20. The van der Waals surface area contributed by atoms with Crippen molar-refractivity contribution in [2.45, 2.75) is 6.54 Å². The molecule has 4 nitrogen and oxygen atoms in total. The summed E-state index contributed by atoms with van der Waals surface area (Å²) in [5.41, 5.74) is 2.97. The summed E-state index contributed by atoms with van der Waals surface area (Å²) in [7, 11) is 1.71. The zero-order chi connectivity index (χ0) is 13.1. The Morgan fingerprint density at radius 1 is 1.56 bits per heavy atom. The molecule has 7 heteroatoms. The third-order valence-electron chi connectivity index (χ3n) is 2.27. The van der Waals surface area contributed by atoms with Crippen LogP contribution in [0.5, 0.6) is 0 Å². The fourth-order valence-corrected chi connectivity index (χ4v) is 2.47. The highest BCUT2D eigenvalue weighted by molar-refractivity contribution is 9.10. The Balaban J connectivity index is 2.17. The molecular weight excluding hydrogens is 338 g/mol. The molecule has 0 saturated carbocycles. The number of halogens is 2. The zero-order valence-corrected chi connectivity index (χ0v) is 12.6. The monoisotopic (exact) mass is 345 g/mol. The molecule has 2 aromatic heterocycles. The van der Waals surface area contributed by atoms with Crippen LogP contribution in [0.2, 0.25) is 5.15 Å². The molecule has 2 rings (SSSR count). The molecule has 1 amide bonds. The number of rotatable bonds is 3. The Hall–Kier alpha value is -0.980. The molecule has 0 unspecified atom stereocenters. The van der Waals surface area contributed by atoms with Crippen LogP contribution >= 0.6 is 38.9 Å². The fourth-order valence-electron chi connectivity index (χ4n) is 1.41. The van der Waals surface area contributed by atoms with Crippen molar-refractivity contribution in [3.05, 3.63) is 44.0 Å². The highest BCUT2D eigenvalue weighted by atomic mass is 79.9. The number of pyridine rings is 1. The second-order valence-electron chi connectivity index (χ2n) is 3.63. The first kappa shape index (κ1) is 13.5. The van der Waals surface area contributed by atoms with Crippen molar-refractivity contribution < 1.29 is 4.79 Å². The van der Waals surface area contributed by atoms with Gasteiger partial charge in [-0.25, -0.2) is 9.97 Å². The van der Waals surface area contributed by atoms with Gasteiger partial charge in [0.1, 0.15) is 5.15 Å². The van der Waals surface area contributed by atoms with Gasteiger partial charge in [0, 0.05) is 23.1 Å². The molecule has 0 radical (unpaired) electrons. The van der Waals surface area contributed by atoms with Crippen molar-refractivity contribution in [2.24, 2.45) is 0 Å². The number of hydrogen-bond acceptors (Lipinski definition) is 4. The second-order valence-corrected chi connectivity index (χ2v) is 5.63. The number of thiazole rings is 1. The summed E-state index contributed by atoms with van der Waals surface area (Å²) in [6.07, 6.45) is 1.56. The minimum Gasteiger partial charge on any atom is -0.336 e. The van der Waals surface area contributed by atoms with Crippen LogP contribution in [0, 0.1) is 0 Å². The number of hydrogen-bond donors (Lipinski definition) is 0. The van der Waals surface area contributed by atoms with E-state index in [1.54, 1.807) is 29.7 Å². The van der Waals surface area contributed by atoms with Gasteiger partial charge < -0.3 is 4.90 Å². The summed E-state index contributed by atoms with van der Waals surface area (Å²) in [5.74, 6) is -0.179. The lowest BCUT2D eigenvalue weighted by Gasteiger charge is -2.16. The van der Waals surface area contributed by atoms with E-state index < -0.39 is 0 Å². The number of nitrogens with zero attached hydrogens (tertiary/aromatic N) is 3. The molecule has 0 aliphatic carbocycles. The van der Waals surface area contributed by atoms with Gasteiger partial charge in [-0.1, -0.05) is 11.6 Å². The Morgan fingerprint density at radius 3 is 3.00 bits per heavy atom. The van der Waals surface area contributed by atoms with E-state index in [4.69, 9.17) is 11.6 Å². The molecule has 2 aromatic rings. The van der Waals surface area contributed by atoms with Crippen LogP contribution < -0.4 is 0 Å². The number of carbonyl (C=O) groups excluding carboxylic acids is 1. The maximum Gasteiger partial charge on any atom is 0.257 e. The van der Waals surface area contributed by atoms with Gasteiger partial charge >= 0.3 is 0 Å². The molecule has 0 fully saturated rings. The summed E-state index contributed by atoms with van der Waals surface area (Å²) >= 11 is 10.7. The van der Waals surface area contributed by atoms with Crippen molar-refractivity contribution in [1.82, 2.24) is 14.9 Å². The molecule has 0 N–H and O–H groups in total. The van der Waals surface area contributed by atoms with E-state index in [0.717, 1.165) is 10.2 Å². The van der Waals surface area contributed by atoms with E-state index in [0.29, 0.717) is 12.1 Å². The predicted octanol–water partition coefficient (Wildman–Crippen LogP) is 3.23. The molecule has 0 aromatic carbocycles. The van der Waals surface area contributed by atoms with Gasteiger partial charge in [-0.3, -0.25) is 4.79 Å². The van der Waals surface area contributed by atoms with Crippen molar-refractivity contribution in [3.8, 4) is 0 Å². The van der Waals surface area contributed by atoms with E-state index >= 15 is 0 Å². The molecule has 0 spiro atoms. The lowest BCUT2D eigenvalue weighted by molar-refractivity contribution is 0.0783. The number of carbonyl (C=O) groups is 1. The van der Waals surface area contributed by atoms with Gasteiger partial charge in [0.2, 0.25) is 0 Å². The maximum absolute atomic E-state index is 12.2. The Kier molecular flexibility index (Phi) is 4.31. The molecule has 2 heterocycles. The van der Waals surface area contributed by atoms with Gasteiger partial charge in [-0.15, -0.1) is 11.3 Å². The standard InChI is InChI=1S/C11H9BrClN3OS/c1-16(4-8-5-18-6-15-8)11(17)9-2-7(12)3-14-10(9)13/h2-3,5-6H,4H2,1H3. The van der Waals surface area contributed by atoms with Crippen LogP contribution in [0.25, 0.3) is 0 Å². The fraction of sp³-hybridized carbons (Fsp3) is 0.182. The van der Waals surface area contributed by atoms with Crippen molar-refractivity contribution in [1.29, 1.82) is 0 Å². The van der Waals surface area contributed by atoms with Crippen molar-refractivity contribution in [2.75, 3.05) is 7.05 Å². The first-order valence-corrected chi connectivity index (χ1v) is 7.13. The summed E-state index contributed by atoms with van der Waals surface area (Å²) in [5, 5.41) is 2.11. The minimum atomic E-state index is -0.179. The SMILES string of the molecule is CN(Cc1cscn1)C(=O)c1cc(Br)cnc1Cl. The molecule has 94 valence electrons. The number of aromatic nitrogens is 2. The van der Waals surface area contributed by atoms with E-state index in [2.05, 4.69) is 25.9 Å². The largest absolute Gasteiger partial charge is 0.336 e. The molecule has 0 atom stereocenters. The summed E-state index contributed by atoms with van der Waals surface area (Å²) < 4.78 is 0.720. The molecule has 0 aliphatic rings. The smallest absolute Gasteiger partial charge is 0.257 e. The van der Waals surface area contributed by atoms with Gasteiger partial charge in [0.15, 0.2) is 0 Å². The third-order valence-corrected chi connectivity index (χ3v) is 3.64. The van der Waals surface area contributed by atoms with Gasteiger partial charge in [-0.05, 0) is 22.0 Å². The average Bonchev–Trinajstić information content (AvgIpc) is 2.84. The van der Waals surface area contributed by atoms with Gasteiger partial charge in [0.05, 0.1) is 23.3 Å². The van der Waals surface area contributed by atoms with Crippen molar-refractivity contribution in [3.63, 3.8) is 0 Å². The van der Waals surface area contributed by atoms with E-state index in [9.17, 15) is 4.79 Å². The number of amides is 1. The normalized spacial score (nSPS) is 10.4. The predicted molar refractivity (Wildman–Crippen MR) is 74.9 cm³/mol. The van der Waals surface area contributed by atoms with Gasteiger partial charge in [-0.2, -0.15) is 0 Å². The lowest BCUT2D eigenvalue weighted by Crippen LogP contribution is -2.26. The Bertz CT molecular complexity index is 561.